The van der Waals surface area contributed by atoms with Gasteiger partial charge in [0.1, 0.15) is 6.04 Å². The van der Waals surface area contributed by atoms with Gasteiger partial charge in [-0.25, -0.2) is 8.42 Å². The largest absolute Gasteiger partial charge is 0.348 e. The molecule has 28 heavy (non-hydrogen) atoms. The van der Waals surface area contributed by atoms with E-state index in [2.05, 4.69) is 5.32 Å². The first-order chi connectivity index (χ1) is 12.9. The Balaban J connectivity index is 2.31. The standard InChI is InChI=1S/C20H24Cl2N2O3S/c1-12-6-7-13(2)17(10-12)14(3)23-20(25)15(4)24(28(5,26)27)16-8-9-18(21)19(22)11-16/h6-11,14-15H,1-5H3,(H,23,25)/t14-,15+/m1/s1. The van der Waals surface area contributed by atoms with Crippen LogP contribution in [0.4, 0.5) is 5.69 Å². The molecule has 2 rings (SSSR count). The van der Waals surface area contributed by atoms with Crippen molar-refractivity contribution in [3.63, 3.8) is 0 Å². The van der Waals surface area contributed by atoms with E-state index in [9.17, 15) is 13.2 Å². The van der Waals surface area contributed by atoms with E-state index in [0.29, 0.717) is 5.02 Å². The van der Waals surface area contributed by atoms with E-state index in [1.165, 1.54) is 25.1 Å². The van der Waals surface area contributed by atoms with Gasteiger partial charge in [-0.05, 0) is 57.0 Å². The van der Waals surface area contributed by atoms with Crippen molar-refractivity contribution in [3.05, 3.63) is 63.1 Å². The van der Waals surface area contributed by atoms with Crippen molar-refractivity contribution in [1.82, 2.24) is 5.32 Å². The van der Waals surface area contributed by atoms with Crippen LogP contribution in [-0.2, 0) is 14.8 Å². The van der Waals surface area contributed by atoms with Crippen LogP contribution in [0, 0.1) is 13.8 Å². The van der Waals surface area contributed by atoms with E-state index in [4.69, 9.17) is 23.2 Å². The van der Waals surface area contributed by atoms with Crippen LogP contribution < -0.4 is 9.62 Å². The molecule has 0 aliphatic carbocycles. The number of sulfonamides is 1. The summed E-state index contributed by atoms with van der Waals surface area (Å²) in [7, 11) is -3.74. The van der Waals surface area contributed by atoms with Crippen LogP contribution >= 0.6 is 23.2 Å². The van der Waals surface area contributed by atoms with E-state index in [-0.39, 0.29) is 16.8 Å². The van der Waals surface area contributed by atoms with E-state index >= 15 is 0 Å². The Hall–Kier alpha value is -1.76. The number of nitrogens with one attached hydrogen (secondary N) is 1. The van der Waals surface area contributed by atoms with Gasteiger partial charge in [-0.15, -0.1) is 0 Å². The molecule has 0 spiro atoms. The van der Waals surface area contributed by atoms with Crippen molar-refractivity contribution in [2.45, 2.75) is 39.8 Å². The monoisotopic (exact) mass is 442 g/mol. The molecule has 2 atom stereocenters. The first kappa shape index (κ1) is 22.5. The zero-order valence-corrected chi connectivity index (χ0v) is 18.8. The molecular formula is C20H24Cl2N2O3S. The number of amides is 1. The number of hydrogen-bond acceptors (Lipinski definition) is 3. The van der Waals surface area contributed by atoms with Gasteiger partial charge < -0.3 is 5.32 Å². The molecule has 0 fully saturated rings. The minimum absolute atomic E-state index is 0.212. The number of nitrogens with zero attached hydrogens (tertiary/aromatic N) is 1. The molecule has 2 aromatic rings. The molecule has 0 radical (unpaired) electrons. The fourth-order valence-corrected chi connectivity index (χ4v) is 4.53. The molecule has 0 saturated carbocycles. The molecular weight excluding hydrogens is 419 g/mol. The Morgan fingerprint density at radius 3 is 2.25 bits per heavy atom. The molecule has 0 aliphatic heterocycles. The van der Waals surface area contributed by atoms with Crippen molar-refractivity contribution in [1.29, 1.82) is 0 Å². The highest BCUT2D eigenvalue weighted by molar-refractivity contribution is 7.92. The highest BCUT2D eigenvalue weighted by atomic mass is 35.5. The second-order valence-electron chi connectivity index (χ2n) is 6.92. The highest BCUT2D eigenvalue weighted by Gasteiger charge is 2.30. The van der Waals surface area contributed by atoms with E-state index in [1.54, 1.807) is 0 Å². The van der Waals surface area contributed by atoms with Crippen LogP contribution in [0.3, 0.4) is 0 Å². The lowest BCUT2D eigenvalue weighted by Crippen LogP contribution is -2.48. The molecule has 0 bridgehead atoms. The summed E-state index contributed by atoms with van der Waals surface area (Å²) in [5, 5.41) is 3.43. The van der Waals surface area contributed by atoms with E-state index in [1.807, 2.05) is 39.0 Å². The summed E-state index contributed by atoms with van der Waals surface area (Å²) in [4.78, 5) is 12.9. The number of aryl methyl sites for hydroxylation is 2. The third-order valence-electron chi connectivity index (χ3n) is 4.51. The molecule has 0 aliphatic rings. The topological polar surface area (TPSA) is 66.5 Å². The quantitative estimate of drug-likeness (QED) is 0.707. The van der Waals surface area contributed by atoms with E-state index in [0.717, 1.165) is 27.3 Å². The van der Waals surface area contributed by atoms with Gasteiger partial charge in [0, 0.05) is 0 Å². The number of anilines is 1. The van der Waals surface area contributed by atoms with Crippen molar-refractivity contribution < 1.29 is 13.2 Å². The Bertz CT molecular complexity index is 993. The average Bonchev–Trinajstić information content (AvgIpc) is 2.58. The summed E-state index contributed by atoms with van der Waals surface area (Å²) in [5.74, 6) is -0.412. The minimum Gasteiger partial charge on any atom is -0.348 e. The number of hydrogen-bond donors (Lipinski definition) is 1. The lowest BCUT2D eigenvalue weighted by molar-refractivity contribution is -0.122. The average molecular weight is 443 g/mol. The minimum atomic E-state index is -3.74. The molecule has 152 valence electrons. The molecule has 0 unspecified atom stereocenters. The number of halogens is 2. The van der Waals surface area contributed by atoms with Gasteiger partial charge in [-0.1, -0.05) is 47.0 Å². The Morgan fingerprint density at radius 1 is 1.04 bits per heavy atom. The van der Waals surface area contributed by atoms with Gasteiger partial charge in [0.05, 0.1) is 28.0 Å². The van der Waals surface area contributed by atoms with Crippen molar-refractivity contribution in [2.75, 3.05) is 10.6 Å². The van der Waals surface area contributed by atoms with Crippen LogP contribution in [0.25, 0.3) is 0 Å². The predicted molar refractivity (Wildman–Crippen MR) is 116 cm³/mol. The summed E-state index contributed by atoms with van der Waals surface area (Å²) >= 11 is 12.0. The summed E-state index contributed by atoms with van der Waals surface area (Å²) < 4.78 is 25.8. The summed E-state index contributed by atoms with van der Waals surface area (Å²) in [6.07, 6.45) is 1.05. The lowest BCUT2D eigenvalue weighted by atomic mass is 10.00. The van der Waals surface area contributed by atoms with Crippen LogP contribution in [0.5, 0.6) is 0 Å². The molecule has 8 heteroatoms. The molecule has 2 aromatic carbocycles. The fraction of sp³-hybridized carbons (Fsp3) is 0.350. The maximum absolute atomic E-state index is 12.9. The van der Waals surface area contributed by atoms with Gasteiger partial charge in [-0.2, -0.15) is 0 Å². The van der Waals surface area contributed by atoms with Crippen LogP contribution in [0.15, 0.2) is 36.4 Å². The summed E-state index contributed by atoms with van der Waals surface area (Å²) in [6.45, 7) is 7.36. The lowest BCUT2D eigenvalue weighted by Gasteiger charge is -2.29. The van der Waals surface area contributed by atoms with Gasteiger partial charge in [0.2, 0.25) is 15.9 Å². The first-order valence-electron chi connectivity index (χ1n) is 8.73. The Morgan fingerprint density at radius 2 is 1.68 bits per heavy atom. The van der Waals surface area contributed by atoms with Crippen molar-refractivity contribution >= 4 is 44.8 Å². The van der Waals surface area contributed by atoms with Gasteiger partial charge in [0.25, 0.3) is 0 Å². The SMILES string of the molecule is Cc1ccc(C)c([C@@H](C)NC(=O)[C@H](C)N(c2ccc(Cl)c(Cl)c2)S(C)(=O)=O)c1. The number of rotatable bonds is 6. The van der Waals surface area contributed by atoms with Crippen molar-refractivity contribution in [2.24, 2.45) is 0 Å². The molecule has 1 amide bonds. The highest BCUT2D eigenvalue weighted by Crippen LogP contribution is 2.30. The van der Waals surface area contributed by atoms with E-state index < -0.39 is 22.0 Å². The van der Waals surface area contributed by atoms with Crippen LogP contribution in [0.1, 0.15) is 36.6 Å². The fourth-order valence-electron chi connectivity index (χ4n) is 3.07. The number of benzene rings is 2. The molecule has 5 nitrogen and oxygen atoms in total. The number of carbonyl (C=O) groups excluding carboxylic acids is 1. The maximum Gasteiger partial charge on any atom is 0.244 e. The molecule has 1 N–H and O–H groups in total. The van der Waals surface area contributed by atoms with Gasteiger partial charge in [0.15, 0.2) is 0 Å². The Kier molecular flexibility index (Phi) is 7.02. The number of carbonyl (C=O) groups is 1. The molecule has 0 saturated heterocycles. The van der Waals surface area contributed by atoms with Gasteiger partial charge in [-0.3, -0.25) is 9.10 Å². The smallest absolute Gasteiger partial charge is 0.244 e. The predicted octanol–water partition coefficient (Wildman–Crippen LogP) is 4.64. The zero-order valence-electron chi connectivity index (χ0n) is 16.5. The third kappa shape index (κ3) is 5.19. The third-order valence-corrected chi connectivity index (χ3v) is 6.49. The summed E-state index contributed by atoms with van der Waals surface area (Å²) in [5.41, 5.74) is 3.40. The molecule has 0 heterocycles. The van der Waals surface area contributed by atoms with Crippen molar-refractivity contribution in [3.8, 4) is 0 Å². The zero-order chi connectivity index (χ0) is 21.2. The normalized spacial score (nSPS) is 13.7. The second-order valence-corrected chi connectivity index (χ2v) is 9.60. The second kappa shape index (κ2) is 8.72. The maximum atomic E-state index is 12.9. The summed E-state index contributed by atoms with van der Waals surface area (Å²) in [6, 6.07) is 9.22. The van der Waals surface area contributed by atoms with Crippen LogP contribution in [-0.4, -0.2) is 26.6 Å². The first-order valence-corrected chi connectivity index (χ1v) is 11.3. The van der Waals surface area contributed by atoms with Crippen LogP contribution in [0.2, 0.25) is 10.0 Å². The Labute approximate surface area is 176 Å². The molecule has 0 aromatic heterocycles. The van der Waals surface area contributed by atoms with Gasteiger partial charge >= 0.3 is 0 Å².